The summed E-state index contributed by atoms with van der Waals surface area (Å²) in [7, 11) is 0. The summed E-state index contributed by atoms with van der Waals surface area (Å²) >= 11 is 12.6. The molecule has 6 heterocycles. The smallest absolute Gasteiger partial charge is 0.255 e. The van der Waals surface area contributed by atoms with Gasteiger partial charge >= 0.3 is 0 Å². The van der Waals surface area contributed by atoms with Gasteiger partial charge in [-0.2, -0.15) is 5.10 Å². The summed E-state index contributed by atoms with van der Waals surface area (Å²) in [6, 6.07) is 9.85. The van der Waals surface area contributed by atoms with E-state index in [4.69, 9.17) is 38.8 Å². The van der Waals surface area contributed by atoms with E-state index in [0.29, 0.717) is 52.2 Å². The molecule has 2 aromatic heterocycles. The molecule has 0 radical (unpaired) electrons. The summed E-state index contributed by atoms with van der Waals surface area (Å²) in [6.07, 6.45) is 13.9. The standard InChI is InChI=1S/C45H49Cl2FN8O5/c1-26(39-34(46)5-6-35(48)40(39)47)61-37-21-27(22-50-41(37)49)28-23-51-56(24-28)30-11-17-53(18-12-30)29-9-13-45(14-10-29)15-19-54(20-16-45)43(59)31-3-2-4-32-33(31)25-55(44(32)60)36-7-8-38(57)52-42(36)58/h2-6,21-24,26,29-30,36H,7-20,25H2,1H3,(H2,49,50)(H,52,57,58)/t26-,36?/m1/s1. The molecule has 61 heavy (non-hydrogen) atoms. The summed E-state index contributed by atoms with van der Waals surface area (Å²) < 4.78 is 22.4. The minimum absolute atomic E-state index is 0.0573. The number of carbonyl (C=O) groups is 4. The van der Waals surface area contributed by atoms with Gasteiger partial charge in [-0.1, -0.05) is 29.3 Å². The van der Waals surface area contributed by atoms with E-state index in [1.807, 2.05) is 17.3 Å². The second kappa shape index (κ2) is 16.7. The van der Waals surface area contributed by atoms with Crippen LogP contribution in [0.3, 0.4) is 0 Å². The van der Waals surface area contributed by atoms with E-state index in [2.05, 4.69) is 19.9 Å². The number of rotatable bonds is 8. The molecule has 4 fully saturated rings. The fourth-order valence-electron chi connectivity index (χ4n) is 10.3. The van der Waals surface area contributed by atoms with Gasteiger partial charge in [-0.25, -0.2) is 9.37 Å². The lowest BCUT2D eigenvalue weighted by Crippen LogP contribution is -2.52. The molecule has 0 bridgehead atoms. The van der Waals surface area contributed by atoms with E-state index in [1.165, 1.54) is 17.0 Å². The Hall–Kier alpha value is -5.05. The van der Waals surface area contributed by atoms with E-state index in [1.54, 1.807) is 37.4 Å². The van der Waals surface area contributed by atoms with Gasteiger partial charge in [0, 0.05) is 90.4 Å². The van der Waals surface area contributed by atoms with Crippen LogP contribution in [0.4, 0.5) is 10.2 Å². The van der Waals surface area contributed by atoms with Crippen LogP contribution >= 0.6 is 23.2 Å². The van der Waals surface area contributed by atoms with Crippen LogP contribution in [0.1, 0.15) is 115 Å². The first-order valence-corrected chi connectivity index (χ1v) is 22.0. The number of ether oxygens (including phenoxy) is 1. The number of pyridine rings is 1. The van der Waals surface area contributed by atoms with Gasteiger partial charge in [0.25, 0.3) is 11.8 Å². The summed E-state index contributed by atoms with van der Waals surface area (Å²) in [6.45, 7) is 5.31. The highest BCUT2D eigenvalue weighted by molar-refractivity contribution is 6.36. The molecule has 5 aliphatic rings. The highest BCUT2D eigenvalue weighted by Gasteiger charge is 2.43. The van der Waals surface area contributed by atoms with Gasteiger partial charge in [0.15, 0.2) is 11.6 Å². The van der Waals surface area contributed by atoms with Gasteiger partial charge in [-0.15, -0.1) is 0 Å². The van der Waals surface area contributed by atoms with E-state index in [-0.39, 0.29) is 59.4 Å². The normalized spacial score (nSPS) is 21.8. The molecule has 3 saturated heterocycles. The number of piperidine rings is 3. The maximum Gasteiger partial charge on any atom is 0.255 e. The number of nitrogens with zero attached hydrogens (tertiary/aromatic N) is 6. The molecular formula is C45H49Cl2FN8O5. The zero-order chi connectivity index (χ0) is 42.6. The van der Waals surface area contributed by atoms with Crippen molar-refractivity contribution in [3.63, 3.8) is 0 Å². The largest absolute Gasteiger partial charge is 0.482 e. The molecule has 4 aliphatic heterocycles. The zero-order valence-corrected chi connectivity index (χ0v) is 35.6. The number of fused-ring (bicyclic) bond motifs is 1. The molecule has 4 amide bonds. The van der Waals surface area contributed by atoms with Crippen LogP contribution in [-0.2, 0) is 16.1 Å². The van der Waals surface area contributed by atoms with Crippen LogP contribution in [0.15, 0.2) is 55.0 Å². The second-order valence-electron chi connectivity index (χ2n) is 17.4. The highest BCUT2D eigenvalue weighted by Crippen LogP contribution is 2.47. The van der Waals surface area contributed by atoms with Crippen LogP contribution in [0, 0.1) is 11.2 Å². The van der Waals surface area contributed by atoms with Crippen molar-refractivity contribution < 1.29 is 28.3 Å². The quantitative estimate of drug-likeness (QED) is 0.136. The van der Waals surface area contributed by atoms with Gasteiger partial charge in [0.05, 0.1) is 17.3 Å². The van der Waals surface area contributed by atoms with Crippen LogP contribution < -0.4 is 15.8 Å². The first kappa shape index (κ1) is 41.3. The van der Waals surface area contributed by atoms with Crippen molar-refractivity contribution in [2.75, 3.05) is 31.9 Å². The molecule has 13 nitrogen and oxygen atoms in total. The summed E-state index contributed by atoms with van der Waals surface area (Å²) in [4.78, 5) is 62.1. The van der Waals surface area contributed by atoms with E-state index < -0.39 is 23.9 Å². The van der Waals surface area contributed by atoms with Crippen molar-refractivity contribution in [1.82, 2.24) is 34.8 Å². The number of aromatic nitrogens is 3. The Bertz CT molecular complexity index is 2380. The molecule has 9 rings (SSSR count). The van der Waals surface area contributed by atoms with Gasteiger partial charge < -0.3 is 25.2 Å². The van der Waals surface area contributed by atoms with Gasteiger partial charge in [0.1, 0.15) is 18.0 Å². The predicted octanol–water partition coefficient (Wildman–Crippen LogP) is 7.38. The molecule has 320 valence electrons. The van der Waals surface area contributed by atoms with E-state index >= 15 is 0 Å². The Balaban J connectivity index is 0.757. The zero-order valence-electron chi connectivity index (χ0n) is 34.0. The molecule has 1 saturated carbocycles. The fraction of sp³-hybridized carbons (Fsp3) is 0.467. The summed E-state index contributed by atoms with van der Waals surface area (Å²) in [5.41, 5.74) is 10.1. The second-order valence-corrected chi connectivity index (χ2v) is 18.1. The first-order chi connectivity index (χ1) is 29.4. The Morgan fingerprint density at radius 2 is 1.70 bits per heavy atom. The van der Waals surface area contributed by atoms with Crippen molar-refractivity contribution in [3.05, 3.63) is 93.1 Å². The van der Waals surface area contributed by atoms with Crippen molar-refractivity contribution in [3.8, 4) is 16.9 Å². The number of hydrogen-bond donors (Lipinski definition) is 2. The molecule has 2 atom stereocenters. The summed E-state index contributed by atoms with van der Waals surface area (Å²) in [5, 5.41) is 7.29. The van der Waals surface area contributed by atoms with Gasteiger partial charge in [-0.05, 0) is 106 Å². The number of amides is 4. The average Bonchev–Trinajstić information content (AvgIpc) is 3.89. The number of likely N-dealkylation sites (tertiary alicyclic amines) is 2. The Morgan fingerprint density at radius 3 is 2.44 bits per heavy atom. The number of carbonyl (C=O) groups excluding carboxylic acids is 4. The maximum absolute atomic E-state index is 14.2. The number of halogens is 3. The number of imide groups is 1. The number of nitrogen functional groups attached to an aromatic ring is 1. The Morgan fingerprint density at radius 1 is 0.951 bits per heavy atom. The van der Waals surface area contributed by atoms with Crippen LogP contribution in [0.2, 0.25) is 10.0 Å². The van der Waals surface area contributed by atoms with Crippen molar-refractivity contribution >= 4 is 52.6 Å². The molecule has 2 aromatic carbocycles. The lowest BCUT2D eigenvalue weighted by atomic mass is 9.66. The highest BCUT2D eigenvalue weighted by atomic mass is 35.5. The first-order valence-electron chi connectivity index (χ1n) is 21.3. The summed E-state index contributed by atoms with van der Waals surface area (Å²) in [5.74, 6) is -1.15. The van der Waals surface area contributed by atoms with Crippen LogP contribution in [0.5, 0.6) is 5.75 Å². The fourth-order valence-corrected chi connectivity index (χ4v) is 11.0. The van der Waals surface area contributed by atoms with Crippen molar-refractivity contribution in [1.29, 1.82) is 0 Å². The average molecular weight is 872 g/mol. The Kier molecular flexibility index (Phi) is 11.3. The molecule has 1 aliphatic carbocycles. The predicted molar refractivity (Wildman–Crippen MR) is 227 cm³/mol. The van der Waals surface area contributed by atoms with Crippen molar-refractivity contribution in [2.24, 2.45) is 5.41 Å². The maximum atomic E-state index is 14.2. The molecule has 1 spiro atoms. The third-order valence-electron chi connectivity index (χ3n) is 13.9. The number of nitrogens with two attached hydrogens (primary N) is 1. The number of anilines is 1. The number of nitrogens with one attached hydrogen (secondary N) is 1. The molecule has 4 aromatic rings. The van der Waals surface area contributed by atoms with Gasteiger partial charge in [0.2, 0.25) is 11.8 Å². The monoisotopic (exact) mass is 870 g/mol. The van der Waals surface area contributed by atoms with Crippen LogP contribution in [-0.4, -0.2) is 91.4 Å². The van der Waals surface area contributed by atoms with Gasteiger partial charge in [-0.3, -0.25) is 29.2 Å². The lowest BCUT2D eigenvalue weighted by molar-refractivity contribution is -0.136. The number of hydrogen-bond acceptors (Lipinski definition) is 9. The minimum atomic E-state index is -0.717. The van der Waals surface area contributed by atoms with E-state index in [0.717, 1.165) is 75.6 Å². The molecule has 16 heteroatoms. The Labute approximate surface area is 363 Å². The topological polar surface area (TPSA) is 156 Å². The molecular weight excluding hydrogens is 822 g/mol. The van der Waals surface area contributed by atoms with E-state index in [9.17, 15) is 23.6 Å². The third-order valence-corrected chi connectivity index (χ3v) is 14.6. The minimum Gasteiger partial charge on any atom is -0.482 e. The van der Waals surface area contributed by atoms with Crippen LogP contribution in [0.25, 0.3) is 11.1 Å². The molecule has 3 N–H and O–H groups in total. The van der Waals surface area contributed by atoms with Crippen molar-refractivity contribution in [2.45, 2.75) is 102 Å². The number of benzene rings is 2. The lowest BCUT2D eigenvalue weighted by Gasteiger charge is -2.48. The SMILES string of the molecule is C[C@@H](Oc1cc(-c2cnn(C3CCN(C4CCC5(CC4)CCN(C(=O)c4cccc6c4CN(C4CCC(=O)NC4=O)C6=O)CC5)CC3)c2)cnc1N)c1c(Cl)ccc(F)c1Cl. The third kappa shape index (κ3) is 7.98. The molecule has 1 unspecified atom stereocenters.